The number of aryl methyl sites for hydroxylation is 1. The highest BCUT2D eigenvalue weighted by Gasteiger charge is 2.19. The summed E-state index contributed by atoms with van der Waals surface area (Å²) in [7, 11) is 0. The minimum absolute atomic E-state index is 0.329. The highest BCUT2D eigenvalue weighted by Crippen LogP contribution is 2.30. The molecule has 4 aromatic rings. The van der Waals surface area contributed by atoms with Gasteiger partial charge in [0.25, 0.3) is 0 Å². The Balaban J connectivity index is 1.61. The summed E-state index contributed by atoms with van der Waals surface area (Å²) < 4.78 is 12.5. The molecule has 0 atom stereocenters. The van der Waals surface area contributed by atoms with Crippen molar-refractivity contribution in [2.24, 2.45) is 0 Å². The maximum atomic E-state index is 11.8. The summed E-state index contributed by atoms with van der Waals surface area (Å²) >= 11 is 2.92. The van der Waals surface area contributed by atoms with Crippen molar-refractivity contribution < 1.29 is 13.9 Å². The van der Waals surface area contributed by atoms with Crippen molar-refractivity contribution in [2.45, 2.75) is 24.8 Å². The van der Waals surface area contributed by atoms with E-state index >= 15 is 0 Å². The van der Waals surface area contributed by atoms with Gasteiger partial charge in [-0.1, -0.05) is 29.5 Å². The normalized spacial score (nSPS) is 11.0. The number of thioether (sulfide) groups is 1. The van der Waals surface area contributed by atoms with Crippen molar-refractivity contribution in [3.8, 4) is 17.3 Å². The van der Waals surface area contributed by atoms with Gasteiger partial charge in [0.15, 0.2) is 16.6 Å². The first-order valence-corrected chi connectivity index (χ1v) is 10.8. The van der Waals surface area contributed by atoms with Gasteiger partial charge in [0, 0.05) is 11.1 Å². The van der Waals surface area contributed by atoms with Crippen LogP contribution in [-0.4, -0.2) is 32.3 Å². The molecule has 0 fully saturated rings. The molecule has 0 spiro atoms. The highest BCUT2D eigenvalue weighted by atomic mass is 32.2. The maximum absolute atomic E-state index is 11.8. The van der Waals surface area contributed by atoms with E-state index in [0.29, 0.717) is 34.8 Å². The molecule has 0 saturated heterocycles. The van der Waals surface area contributed by atoms with E-state index in [1.165, 1.54) is 28.7 Å². The molecule has 0 aliphatic heterocycles. The van der Waals surface area contributed by atoms with Crippen LogP contribution in [0.2, 0.25) is 0 Å². The number of rotatable bonds is 7. The molecule has 0 unspecified atom stereocenters. The van der Waals surface area contributed by atoms with Crippen molar-refractivity contribution >= 4 is 29.1 Å². The quantitative estimate of drug-likeness (QED) is 0.311. The van der Waals surface area contributed by atoms with Crippen LogP contribution >= 0.6 is 23.1 Å². The SMILES string of the molecule is CCOC(=O)c1csc(CSc2nnc(-c3ccco3)n2-c2ccc(C)cc2)n1. The smallest absolute Gasteiger partial charge is 0.357 e. The van der Waals surface area contributed by atoms with E-state index in [1.54, 1.807) is 18.6 Å². The number of aromatic nitrogens is 4. The fourth-order valence-electron chi connectivity index (χ4n) is 2.66. The van der Waals surface area contributed by atoms with Crippen molar-refractivity contribution in [3.63, 3.8) is 0 Å². The predicted octanol–water partition coefficient (Wildman–Crippen LogP) is 4.76. The van der Waals surface area contributed by atoms with Gasteiger partial charge in [0.05, 0.1) is 18.6 Å². The number of hydrogen-bond donors (Lipinski definition) is 0. The van der Waals surface area contributed by atoms with Crippen LogP contribution in [0.5, 0.6) is 0 Å². The van der Waals surface area contributed by atoms with E-state index in [-0.39, 0.29) is 0 Å². The first-order chi connectivity index (χ1) is 14.2. The Morgan fingerprint density at radius 3 is 2.79 bits per heavy atom. The molecule has 7 nitrogen and oxygen atoms in total. The van der Waals surface area contributed by atoms with E-state index in [2.05, 4.69) is 15.2 Å². The van der Waals surface area contributed by atoms with E-state index < -0.39 is 5.97 Å². The first kappa shape index (κ1) is 19.4. The van der Waals surface area contributed by atoms with E-state index in [0.717, 1.165) is 10.7 Å². The fraction of sp³-hybridized carbons (Fsp3) is 0.200. The van der Waals surface area contributed by atoms with Gasteiger partial charge in [0.1, 0.15) is 5.01 Å². The fourth-order valence-corrected chi connectivity index (χ4v) is 4.39. The van der Waals surface area contributed by atoms with Gasteiger partial charge in [0.2, 0.25) is 5.82 Å². The number of thiazole rings is 1. The lowest BCUT2D eigenvalue weighted by atomic mass is 10.2. The van der Waals surface area contributed by atoms with Crippen molar-refractivity contribution in [1.82, 2.24) is 19.7 Å². The van der Waals surface area contributed by atoms with Crippen LogP contribution in [0.15, 0.2) is 57.6 Å². The number of benzene rings is 1. The molecular formula is C20H18N4O3S2. The lowest BCUT2D eigenvalue weighted by Gasteiger charge is -2.09. The Kier molecular flexibility index (Phi) is 5.77. The third-order valence-corrected chi connectivity index (χ3v) is 6.00. The minimum atomic E-state index is -0.400. The summed E-state index contributed by atoms with van der Waals surface area (Å²) in [6, 6.07) is 11.8. The summed E-state index contributed by atoms with van der Waals surface area (Å²) in [5.74, 6) is 1.44. The summed E-state index contributed by atoms with van der Waals surface area (Å²) in [6.07, 6.45) is 1.61. The molecule has 0 bridgehead atoms. The molecule has 3 aromatic heterocycles. The van der Waals surface area contributed by atoms with Gasteiger partial charge in [-0.25, -0.2) is 9.78 Å². The van der Waals surface area contributed by atoms with Crippen molar-refractivity contribution in [3.05, 3.63) is 64.3 Å². The van der Waals surface area contributed by atoms with E-state index in [4.69, 9.17) is 9.15 Å². The Morgan fingerprint density at radius 1 is 1.24 bits per heavy atom. The molecule has 9 heteroatoms. The van der Waals surface area contributed by atoms with Crippen molar-refractivity contribution in [1.29, 1.82) is 0 Å². The molecule has 29 heavy (non-hydrogen) atoms. The largest absolute Gasteiger partial charge is 0.461 e. The highest BCUT2D eigenvalue weighted by molar-refractivity contribution is 7.98. The number of esters is 1. The Morgan fingerprint density at radius 2 is 2.07 bits per heavy atom. The average molecular weight is 427 g/mol. The molecule has 0 N–H and O–H groups in total. The summed E-state index contributed by atoms with van der Waals surface area (Å²) in [5.41, 5.74) is 2.45. The van der Waals surface area contributed by atoms with Crippen LogP contribution in [0.3, 0.4) is 0 Å². The zero-order chi connectivity index (χ0) is 20.2. The molecule has 0 radical (unpaired) electrons. The zero-order valence-electron chi connectivity index (χ0n) is 15.9. The number of carbonyl (C=O) groups is 1. The molecule has 0 amide bonds. The molecule has 1 aromatic carbocycles. The minimum Gasteiger partial charge on any atom is -0.461 e. The van der Waals surface area contributed by atoms with Gasteiger partial charge >= 0.3 is 5.97 Å². The summed E-state index contributed by atoms with van der Waals surface area (Å²) in [4.78, 5) is 16.2. The second kappa shape index (κ2) is 8.62. The van der Waals surface area contributed by atoms with E-state index in [9.17, 15) is 4.79 Å². The van der Waals surface area contributed by atoms with Crippen LogP contribution < -0.4 is 0 Å². The van der Waals surface area contributed by atoms with Crippen LogP contribution in [0, 0.1) is 6.92 Å². The van der Waals surface area contributed by atoms with Crippen molar-refractivity contribution in [2.75, 3.05) is 6.61 Å². The summed E-state index contributed by atoms with van der Waals surface area (Å²) in [6.45, 7) is 4.15. The molecule has 0 saturated carbocycles. The number of ether oxygens (including phenoxy) is 1. The van der Waals surface area contributed by atoms with Crippen LogP contribution in [0.25, 0.3) is 17.3 Å². The average Bonchev–Trinajstić information content (AvgIpc) is 3.47. The Hall–Kier alpha value is -2.91. The lowest BCUT2D eigenvalue weighted by molar-refractivity contribution is 0.0520. The molecule has 4 rings (SSSR count). The van der Waals surface area contributed by atoms with Gasteiger partial charge in [-0.05, 0) is 38.1 Å². The van der Waals surface area contributed by atoms with Gasteiger partial charge < -0.3 is 9.15 Å². The third-order valence-electron chi connectivity index (χ3n) is 4.03. The molecule has 148 valence electrons. The topological polar surface area (TPSA) is 83.0 Å². The molecule has 0 aliphatic rings. The van der Waals surface area contributed by atoms with Crippen LogP contribution in [0.4, 0.5) is 0 Å². The second-order valence-corrected chi connectivity index (χ2v) is 7.98. The van der Waals surface area contributed by atoms with Gasteiger partial charge in [-0.2, -0.15) is 0 Å². The molecule has 0 aliphatic carbocycles. The van der Waals surface area contributed by atoms with E-state index in [1.807, 2.05) is 47.9 Å². The number of carbonyl (C=O) groups excluding carboxylic acids is 1. The zero-order valence-corrected chi connectivity index (χ0v) is 17.5. The molecular weight excluding hydrogens is 408 g/mol. The first-order valence-electron chi connectivity index (χ1n) is 8.96. The predicted molar refractivity (Wildman–Crippen MR) is 111 cm³/mol. The number of nitrogens with zero attached hydrogens (tertiary/aromatic N) is 4. The summed E-state index contributed by atoms with van der Waals surface area (Å²) in [5, 5.41) is 11.9. The van der Waals surface area contributed by atoms with Gasteiger partial charge in [-0.3, -0.25) is 4.57 Å². The van der Waals surface area contributed by atoms with Crippen LogP contribution in [0.1, 0.15) is 28.0 Å². The molecule has 3 heterocycles. The van der Waals surface area contributed by atoms with Crippen LogP contribution in [-0.2, 0) is 10.5 Å². The second-order valence-electron chi connectivity index (χ2n) is 6.09. The lowest BCUT2D eigenvalue weighted by Crippen LogP contribution is -2.05. The Bertz CT molecular complexity index is 1100. The maximum Gasteiger partial charge on any atom is 0.357 e. The number of hydrogen-bond acceptors (Lipinski definition) is 8. The number of furan rings is 1. The monoisotopic (exact) mass is 426 g/mol. The third kappa shape index (κ3) is 4.25. The van der Waals surface area contributed by atoms with Gasteiger partial charge in [-0.15, -0.1) is 21.5 Å². The Labute approximate surface area is 175 Å². The standard InChI is InChI=1S/C20H18N4O3S2/c1-3-26-19(25)15-11-28-17(21-15)12-29-20-23-22-18(16-5-4-10-27-16)24(20)14-8-6-13(2)7-9-14/h4-11H,3,12H2,1-2H3.